The maximum absolute atomic E-state index is 13.5. The molecule has 0 amide bonds. The first-order valence-corrected chi connectivity index (χ1v) is 11.1. The summed E-state index contributed by atoms with van der Waals surface area (Å²) in [5, 5.41) is 0. The van der Waals surface area contributed by atoms with E-state index in [0.29, 0.717) is 13.1 Å². The van der Waals surface area contributed by atoms with E-state index in [1.165, 1.54) is 35.7 Å². The summed E-state index contributed by atoms with van der Waals surface area (Å²) in [6, 6.07) is 8.66. The van der Waals surface area contributed by atoms with Crippen LogP contribution in [0.4, 0.5) is 10.1 Å². The van der Waals surface area contributed by atoms with Crippen LogP contribution in [0.15, 0.2) is 52.3 Å². The third-order valence-electron chi connectivity index (χ3n) is 4.24. The molecule has 0 bridgehead atoms. The number of nitrogens with zero attached hydrogens (tertiary/aromatic N) is 1. The molecule has 146 valence electrons. The topological polar surface area (TPSA) is 92.8 Å². The second-order valence-corrected chi connectivity index (χ2v) is 9.66. The van der Waals surface area contributed by atoms with E-state index in [4.69, 9.17) is 4.74 Å². The fraction of sp³-hybridized carbons (Fsp3) is 0.294. The van der Waals surface area contributed by atoms with Gasteiger partial charge < -0.3 is 4.74 Å². The molecule has 0 aromatic heterocycles. The number of rotatable bonds is 6. The number of methoxy groups -OCH3 is 1. The monoisotopic (exact) mass is 414 g/mol. The molecule has 1 aliphatic rings. The third kappa shape index (κ3) is 4.07. The molecule has 1 fully saturated rings. The zero-order valence-electron chi connectivity index (χ0n) is 14.6. The average molecular weight is 414 g/mol. The summed E-state index contributed by atoms with van der Waals surface area (Å²) in [7, 11) is -6.31. The molecule has 0 spiro atoms. The Bertz CT molecular complexity index is 1030. The van der Waals surface area contributed by atoms with Gasteiger partial charge in [0.15, 0.2) is 11.6 Å². The molecule has 1 N–H and O–H groups in total. The van der Waals surface area contributed by atoms with Crippen LogP contribution in [0.1, 0.15) is 12.8 Å². The zero-order valence-corrected chi connectivity index (χ0v) is 16.2. The molecule has 1 saturated heterocycles. The minimum Gasteiger partial charge on any atom is -0.494 e. The van der Waals surface area contributed by atoms with E-state index in [2.05, 4.69) is 4.72 Å². The smallest absolute Gasteiger partial charge is 0.262 e. The van der Waals surface area contributed by atoms with Gasteiger partial charge in [0, 0.05) is 24.8 Å². The fourth-order valence-corrected chi connectivity index (χ4v) is 5.38. The van der Waals surface area contributed by atoms with Gasteiger partial charge in [-0.25, -0.2) is 21.2 Å². The van der Waals surface area contributed by atoms with Crippen molar-refractivity contribution < 1.29 is 26.0 Å². The number of anilines is 1. The van der Waals surface area contributed by atoms with Crippen molar-refractivity contribution in [3.8, 4) is 5.75 Å². The van der Waals surface area contributed by atoms with Crippen molar-refractivity contribution in [1.29, 1.82) is 0 Å². The molecule has 2 aromatic carbocycles. The van der Waals surface area contributed by atoms with Crippen molar-refractivity contribution in [2.75, 3.05) is 24.9 Å². The quantitative estimate of drug-likeness (QED) is 0.784. The summed E-state index contributed by atoms with van der Waals surface area (Å²) >= 11 is 0. The Kier molecular flexibility index (Phi) is 5.41. The number of halogens is 1. The van der Waals surface area contributed by atoms with Crippen LogP contribution in [-0.2, 0) is 20.0 Å². The molecule has 0 atom stereocenters. The molecule has 0 aliphatic carbocycles. The Balaban J connectivity index is 1.81. The van der Waals surface area contributed by atoms with Gasteiger partial charge in [-0.15, -0.1) is 0 Å². The molecular formula is C17H19FN2O5S2. The van der Waals surface area contributed by atoms with Crippen molar-refractivity contribution >= 4 is 25.7 Å². The second kappa shape index (κ2) is 7.45. The van der Waals surface area contributed by atoms with Gasteiger partial charge in [0.05, 0.1) is 16.9 Å². The molecule has 10 heteroatoms. The van der Waals surface area contributed by atoms with Crippen LogP contribution in [0.5, 0.6) is 5.75 Å². The Morgan fingerprint density at radius 2 is 1.56 bits per heavy atom. The lowest BCUT2D eigenvalue weighted by molar-refractivity contribution is 0.385. The number of sulfonamides is 2. The summed E-state index contributed by atoms with van der Waals surface area (Å²) < 4.78 is 71.9. The van der Waals surface area contributed by atoms with Crippen molar-refractivity contribution in [2.45, 2.75) is 22.6 Å². The molecule has 2 aromatic rings. The molecule has 0 unspecified atom stereocenters. The van der Waals surface area contributed by atoms with E-state index in [-0.39, 0.29) is 21.2 Å². The van der Waals surface area contributed by atoms with E-state index in [1.807, 2.05) is 0 Å². The van der Waals surface area contributed by atoms with Crippen molar-refractivity contribution in [3.63, 3.8) is 0 Å². The van der Waals surface area contributed by atoms with E-state index in [9.17, 15) is 21.2 Å². The molecule has 1 aliphatic heterocycles. The SMILES string of the molecule is COc1cc(S(=O)(=O)Nc2ccc(S(=O)(=O)N3CCCC3)cc2)ccc1F. The van der Waals surface area contributed by atoms with Gasteiger partial charge in [-0.05, 0) is 49.2 Å². The van der Waals surface area contributed by atoms with Gasteiger partial charge in [-0.1, -0.05) is 0 Å². The Hall–Kier alpha value is -2.17. The van der Waals surface area contributed by atoms with E-state index in [1.54, 1.807) is 0 Å². The highest BCUT2D eigenvalue weighted by atomic mass is 32.2. The normalized spacial score (nSPS) is 15.6. The zero-order chi connectivity index (χ0) is 19.7. The van der Waals surface area contributed by atoms with Crippen LogP contribution < -0.4 is 9.46 Å². The van der Waals surface area contributed by atoms with Gasteiger partial charge in [-0.3, -0.25) is 4.72 Å². The van der Waals surface area contributed by atoms with E-state index < -0.39 is 25.9 Å². The van der Waals surface area contributed by atoms with Crippen LogP contribution in [0.25, 0.3) is 0 Å². The summed E-state index contributed by atoms with van der Waals surface area (Å²) in [6.45, 7) is 0.978. The minimum absolute atomic E-state index is 0.107. The molecule has 7 nitrogen and oxygen atoms in total. The molecule has 0 saturated carbocycles. The number of nitrogens with one attached hydrogen (secondary N) is 1. The first-order chi connectivity index (χ1) is 12.7. The first kappa shape index (κ1) is 19.6. The predicted molar refractivity (Wildman–Crippen MR) is 98.2 cm³/mol. The number of ether oxygens (including phenoxy) is 1. The predicted octanol–water partition coefficient (Wildman–Crippen LogP) is 2.42. The lowest BCUT2D eigenvalue weighted by atomic mass is 10.3. The third-order valence-corrected chi connectivity index (χ3v) is 7.53. The van der Waals surface area contributed by atoms with Crippen LogP contribution in [0, 0.1) is 5.82 Å². The molecular weight excluding hydrogens is 395 g/mol. The molecule has 0 radical (unpaired) electrons. The van der Waals surface area contributed by atoms with Crippen molar-refractivity contribution in [2.24, 2.45) is 0 Å². The number of benzene rings is 2. The average Bonchev–Trinajstić information content (AvgIpc) is 3.17. The standard InChI is InChI=1S/C17H19FN2O5S2/c1-25-17-12-15(8-9-16(17)18)26(21,22)19-13-4-6-14(7-5-13)27(23,24)20-10-2-3-11-20/h4-9,12,19H,2-3,10-11H2,1H3. The van der Waals surface area contributed by atoms with Gasteiger partial charge in [0.25, 0.3) is 10.0 Å². The van der Waals surface area contributed by atoms with E-state index in [0.717, 1.165) is 31.0 Å². The van der Waals surface area contributed by atoms with Crippen LogP contribution in [0.2, 0.25) is 0 Å². The van der Waals surface area contributed by atoms with Crippen molar-refractivity contribution in [1.82, 2.24) is 4.31 Å². The number of hydrogen-bond acceptors (Lipinski definition) is 5. The fourth-order valence-electron chi connectivity index (χ4n) is 2.79. The first-order valence-electron chi connectivity index (χ1n) is 8.20. The Labute approximate surface area is 157 Å². The largest absolute Gasteiger partial charge is 0.494 e. The van der Waals surface area contributed by atoms with Gasteiger partial charge in [0.1, 0.15) is 0 Å². The van der Waals surface area contributed by atoms with Crippen LogP contribution in [-0.4, -0.2) is 41.3 Å². The molecule has 27 heavy (non-hydrogen) atoms. The molecule has 1 heterocycles. The Morgan fingerprint density at radius 3 is 2.15 bits per heavy atom. The van der Waals surface area contributed by atoms with E-state index >= 15 is 0 Å². The highest BCUT2D eigenvalue weighted by molar-refractivity contribution is 7.92. The summed E-state index contributed by atoms with van der Waals surface area (Å²) in [5.41, 5.74) is 0.193. The maximum Gasteiger partial charge on any atom is 0.262 e. The summed E-state index contributed by atoms with van der Waals surface area (Å²) in [4.78, 5) is -0.0645. The van der Waals surface area contributed by atoms with Crippen LogP contribution in [0.3, 0.4) is 0 Å². The highest BCUT2D eigenvalue weighted by Crippen LogP contribution is 2.25. The second-order valence-electron chi connectivity index (χ2n) is 6.04. The lowest BCUT2D eigenvalue weighted by Crippen LogP contribution is -2.27. The number of hydrogen-bond donors (Lipinski definition) is 1. The lowest BCUT2D eigenvalue weighted by Gasteiger charge is -2.16. The maximum atomic E-state index is 13.5. The summed E-state index contributed by atoms with van der Waals surface area (Å²) in [5.74, 6) is -0.863. The van der Waals surface area contributed by atoms with Crippen molar-refractivity contribution in [3.05, 3.63) is 48.3 Å². The Morgan fingerprint density at radius 1 is 0.963 bits per heavy atom. The van der Waals surface area contributed by atoms with Gasteiger partial charge >= 0.3 is 0 Å². The van der Waals surface area contributed by atoms with Gasteiger partial charge in [-0.2, -0.15) is 4.31 Å². The van der Waals surface area contributed by atoms with Gasteiger partial charge in [0.2, 0.25) is 10.0 Å². The summed E-state index contributed by atoms with van der Waals surface area (Å²) in [6.07, 6.45) is 1.66. The van der Waals surface area contributed by atoms with Crippen LogP contribution >= 0.6 is 0 Å². The minimum atomic E-state index is -3.98. The molecule has 3 rings (SSSR count). The highest BCUT2D eigenvalue weighted by Gasteiger charge is 2.27.